The average molecular weight is 274 g/mol. The van der Waals surface area contributed by atoms with E-state index in [1.54, 1.807) is 0 Å². The first kappa shape index (κ1) is 15.5. The van der Waals surface area contributed by atoms with E-state index in [0.29, 0.717) is 12.1 Å². The van der Waals surface area contributed by atoms with Gasteiger partial charge in [-0.2, -0.15) is 0 Å². The number of hydrogen-bond acceptors (Lipinski definition) is 2. The molecule has 2 rings (SSSR count). The van der Waals surface area contributed by atoms with Crippen molar-refractivity contribution in [2.45, 2.75) is 58.5 Å². The molecule has 1 aromatic carbocycles. The zero-order valence-electron chi connectivity index (χ0n) is 13.4. The second-order valence-electron chi connectivity index (χ2n) is 6.23. The fraction of sp³-hybridized carbons (Fsp3) is 0.667. The molecule has 0 spiro atoms. The summed E-state index contributed by atoms with van der Waals surface area (Å²) in [6.07, 6.45) is 5.31. The van der Waals surface area contributed by atoms with Crippen LogP contribution < -0.4 is 5.32 Å². The van der Waals surface area contributed by atoms with E-state index < -0.39 is 0 Å². The van der Waals surface area contributed by atoms with E-state index >= 15 is 0 Å². The number of benzene rings is 1. The number of piperidine rings is 1. The molecule has 2 heteroatoms. The molecule has 0 saturated carbocycles. The fourth-order valence-corrected chi connectivity index (χ4v) is 3.10. The molecule has 1 aliphatic heterocycles. The first-order chi connectivity index (χ1) is 9.70. The van der Waals surface area contributed by atoms with E-state index in [2.05, 4.69) is 55.3 Å². The lowest BCUT2D eigenvalue weighted by atomic mass is 10.0. The molecular formula is C18H30N2. The first-order valence-corrected chi connectivity index (χ1v) is 8.24. The maximum atomic E-state index is 3.76. The lowest BCUT2D eigenvalue weighted by Crippen LogP contribution is -2.43. The van der Waals surface area contributed by atoms with Gasteiger partial charge in [-0.05, 0) is 51.8 Å². The molecule has 1 fully saturated rings. The Labute approximate surface area is 124 Å². The molecule has 1 saturated heterocycles. The van der Waals surface area contributed by atoms with Crippen molar-refractivity contribution in [2.75, 3.05) is 19.6 Å². The van der Waals surface area contributed by atoms with Gasteiger partial charge in [-0.3, -0.25) is 4.90 Å². The van der Waals surface area contributed by atoms with Crippen molar-refractivity contribution in [3.05, 3.63) is 35.4 Å². The SMILES string of the molecule is CCC(NCC(C)N1CCCCC1)c1ccc(C)cc1. The Balaban J connectivity index is 1.85. The number of hydrogen-bond donors (Lipinski definition) is 1. The maximum absolute atomic E-state index is 3.76. The Morgan fingerprint density at radius 2 is 1.75 bits per heavy atom. The average Bonchev–Trinajstić information content (AvgIpc) is 2.50. The molecule has 1 heterocycles. The van der Waals surface area contributed by atoms with Crippen LogP contribution in [0.15, 0.2) is 24.3 Å². The van der Waals surface area contributed by atoms with Gasteiger partial charge in [-0.1, -0.05) is 43.2 Å². The van der Waals surface area contributed by atoms with Gasteiger partial charge < -0.3 is 5.32 Å². The highest BCUT2D eigenvalue weighted by molar-refractivity contribution is 5.24. The zero-order valence-corrected chi connectivity index (χ0v) is 13.4. The number of nitrogens with zero attached hydrogens (tertiary/aromatic N) is 1. The minimum atomic E-state index is 0.489. The van der Waals surface area contributed by atoms with Crippen LogP contribution in [0.3, 0.4) is 0 Å². The second-order valence-corrected chi connectivity index (χ2v) is 6.23. The number of rotatable bonds is 6. The van der Waals surface area contributed by atoms with Gasteiger partial charge in [0.2, 0.25) is 0 Å². The summed E-state index contributed by atoms with van der Waals surface area (Å²) in [5.74, 6) is 0. The molecule has 0 aliphatic carbocycles. The van der Waals surface area contributed by atoms with Crippen molar-refractivity contribution in [1.29, 1.82) is 0 Å². The maximum Gasteiger partial charge on any atom is 0.0318 e. The topological polar surface area (TPSA) is 15.3 Å². The Morgan fingerprint density at radius 1 is 1.10 bits per heavy atom. The van der Waals surface area contributed by atoms with Crippen molar-refractivity contribution in [1.82, 2.24) is 10.2 Å². The van der Waals surface area contributed by atoms with Crippen molar-refractivity contribution < 1.29 is 0 Å². The van der Waals surface area contributed by atoms with Crippen molar-refractivity contribution >= 4 is 0 Å². The van der Waals surface area contributed by atoms with Gasteiger partial charge in [-0.25, -0.2) is 0 Å². The summed E-state index contributed by atoms with van der Waals surface area (Å²) in [7, 11) is 0. The molecule has 0 aromatic heterocycles. The smallest absolute Gasteiger partial charge is 0.0318 e. The van der Waals surface area contributed by atoms with E-state index in [1.807, 2.05) is 0 Å². The van der Waals surface area contributed by atoms with Crippen LogP contribution in [-0.2, 0) is 0 Å². The van der Waals surface area contributed by atoms with Crippen molar-refractivity contribution in [3.63, 3.8) is 0 Å². The highest BCUT2D eigenvalue weighted by Gasteiger charge is 2.17. The van der Waals surface area contributed by atoms with E-state index in [1.165, 1.54) is 43.5 Å². The third-order valence-electron chi connectivity index (χ3n) is 4.56. The van der Waals surface area contributed by atoms with Crippen LogP contribution >= 0.6 is 0 Å². The van der Waals surface area contributed by atoms with E-state index in [0.717, 1.165) is 13.0 Å². The molecule has 20 heavy (non-hydrogen) atoms. The predicted octanol–water partition coefficient (Wildman–Crippen LogP) is 3.91. The Kier molecular flexibility index (Phi) is 6.06. The summed E-state index contributed by atoms with van der Waals surface area (Å²) >= 11 is 0. The molecule has 0 bridgehead atoms. The summed E-state index contributed by atoms with van der Waals surface area (Å²) < 4.78 is 0. The zero-order chi connectivity index (χ0) is 14.4. The van der Waals surface area contributed by atoms with Crippen LogP contribution in [0.1, 0.15) is 56.7 Å². The van der Waals surface area contributed by atoms with Gasteiger partial charge in [0.1, 0.15) is 0 Å². The van der Waals surface area contributed by atoms with Gasteiger partial charge in [0.05, 0.1) is 0 Å². The van der Waals surface area contributed by atoms with Gasteiger partial charge in [0.25, 0.3) is 0 Å². The predicted molar refractivity (Wildman–Crippen MR) is 87.1 cm³/mol. The standard InChI is InChI=1S/C18H30N2/c1-4-18(17-10-8-15(2)9-11-17)19-14-16(3)20-12-6-5-7-13-20/h8-11,16,18-19H,4-7,12-14H2,1-3H3. The van der Waals surface area contributed by atoms with Gasteiger partial charge >= 0.3 is 0 Å². The molecule has 1 N–H and O–H groups in total. The van der Waals surface area contributed by atoms with E-state index in [9.17, 15) is 0 Å². The van der Waals surface area contributed by atoms with Crippen LogP contribution in [-0.4, -0.2) is 30.6 Å². The second kappa shape index (κ2) is 7.80. The highest BCUT2D eigenvalue weighted by Crippen LogP contribution is 2.18. The number of likely N-dealkylation sites (tertiary alicyclic amines) is 1. The first-order valence-electron chi connectivity index (χ1n) is 8.24. The number of aryl methyl sites for hydroxylation is 1. The molecule has 1 aliphatic rings. The quantitative estimate of drug-likeness (QED) is 0.846. The summed E-state index contributed by atoms with van der Waals surface area (Å²) in [4.78, 5) is 2.64. The summed E-state index contributed by atoms with van der Waals surface area (Å²) in [5.41, 5.74) is 2.76. The monoisotopic (exact) mass is 274 g/mol. The normalized spacial score (nSPS) is 19.8. The van der Waals surface area contributed by atoms with Crippen molar-refractivity contribution in [3.8, 4) is 0 Å². The molecule has 1 aromatic rings. The lowest BCUT2D eigenvalue weighted by molar-refractivity contribution is 0.167. The minimum absolute atomic E-state index is 0.489. The van der Waals surface area contributed by atoms with E-state index in [4.69, 9.17) is 0 Å². The van der Waals surface area contributed by atoms with E-state index in [-0.39, 0.29) is 0 Å². The molecule has 0 amide bonds. The molecule has 0 radical (unpaired) electrons. The van der Waals surface area contributed by atoms with Crippen LogP contribution in [0.25, 0.3) is 0 Å². The third kappa shape index (κ3) is 4.32. The molecule has 112 valence electrons. The van der Waals surface area contributed by atoms with Crippen LogP contribution in [0.5, 0.6) is 0 Å². The van der Waals surface area contributed by atoms with Gasteiger partial charge in [0, 0.05) is 18.6 Å². The Bertz CT molecular complexity index is 379. The minimum Gasteiger partial charge on any atom is -0.308 e. The summed E-state index contributed by atoms with van der Waals surface area (Å²) in [5, 5.41) is 3.76. The van der Waals surface area contributed by atoms with Crippen LogP contribution in [0, 0.1) is 6.92 Å². The molecule has 2 nitrogen and oxygen atoms in total. The highest BCUT2D eigenvalue weighted by atomic mass is 15.2. The molecule has 2 atom stereocenters. The lowest BCUT2D eigenvalue weighted by Gasteiger charge is -2.33. The Morgan fingerprint density at radius 3 is 2.35 bits per heavy atom. The molecule has 2 unspecified atom stereocenters. The van der Waals surface area contributed by atoms with Crippen molar-refractivity contribution in [2.24, 2.45) is 0 Å². The summed E-state index contributed by atoms with van der Waals surface area (Å²) in [6.45, 7) is 10.4. The molecular weight excluding hydrogens is 244 g/mol. The van der Waals surface area contributed by atoms with Crippen LogP contribution in [0.2, 0.25) is 0 Å². The van der Waals surface area contributed by atoms with Gasteiger partial charge in [-0.15, -0.1) is 0 Å². The number of nitrogens with one attached hydrogen (secondary N) is 1. The summed E-state index contributed by atoms with van der Waals surface area (Å²) in [6, 6.07) is 10.1. The third-order valence-corrected chi connectivity index (χ3v) is 4.56. The fourth-order valence-electron chi connectivity index (χ4n) is 3.10. The Hall–Kier alpha value is -0.860. The largest absolute Gasteiger partial charge is 0.308 e. The van der Waals surface area contributed by atoms with Gasteiger partial charge in [0.15, 0.2) is 0 Å². The van der Waals surface area contributed by atoms with Crippen LogP contribution in [0.4, 0.5) is 0 Å².